The number of aromatic nitrogens is 4. The first-order chi connectivity index (χ1) is 5.83. The lowest BCUT2D eigenvalue weighted by atomic mass is 10.5. The number of alkyl halides is 1. The van der Waals surface area contributed by atoms with E-state index in [-0.39, 0.29) is 0 Å². The van der Waals surface area contributed by atoms with Gasteiger partial charge >= 0.3 is 0 Å². The first-order valence-electron chi connectivity index (χ1n) is 3.82. The predicted octanol–water partition coefficient (Wildman–Crippen LogP) is 0.125. The Labute approximate surface area is 85.1 Å². The van der Waals surface area contributed by atoms with Gasteiger partial charge in [0.25, 0.3) is 0 Å². The second kappa shape index (κ2) is 5.41. The lowest BCUT2D eigenvalue weighted by molar-refractivity contribution is 0.618. The first-order valence-corrected chi connectivity index (χ1v) is 5.35. The number of hydrogen-bond acceptors (Lipinski definition) is 4. The normalized spacial score (nSPS) is 10.5. The molecule has 1 aromatic rings. The van der Waals surface area contributed by atoms with Gasteiger partial charge in [0.2, 0.25) is 0 Å². The van der Waals surface area contributed by atoms with E-state index >= 15 is 0 Å². The fraction of sp³-hybridized carbons (Fsp3) is 0.833. The van der Waals surface area contributed by atoms with Crippen molar-refractivity contribution in [1.29, 1.82) is 0 Å². The minimum absolute atomic E-state index is 0.713. The highest BCUT2D eigenvalue weighted by atomic mass is 127. The molecular formula is C6H12IN5. The first kappa shape index (κ1) is 9.85. The molecule has 0 saturated heterocycles. The third-order valence-electron chi connectivity index (χ3n) is 1.32. The van der Waals surface area contributed by atoms with Crippen LogP contribution in [0.3, 0.4) is 0 Å². The molecule has 1 rings (SSSR count). The van der Waals surface area contributed by atoms with Crippen LogP contribution in [0.4, 0.5) is 0 Å². The van der Waals surface area contributed by atoms with Crippen LogP contribution in [0.2, 0.25) is 0 Å². The summed E-state index contributed by atoms with van der Waals surface area (Å²) in [4.78, 5) is 1.47. The summed E-state index contributed by atoms with van der Waals surface area (Å²) in [5.41, 5.74) is 0. The molecule has 0 aliphatic carbocycles. The van der Waals surface area contributed by atoms with Crippen molar-refractivity contribution >= 4 is 22.6 Å². The van der Waals surface area contributed by atoms with Crippen molar-refractivity contribution in [3.63, 3.8) is 0 Å². The molecule has 0 amide bonds. The van der Waals surface area contributed by atoms with Crippen molar-refractivity contribution < 1.29 is 0 Å². The summed E-state index contributed by atoms with van der Waals surface area (Å²) in [5.74, 6) is 0.756. The Morgan fingerprint density at radius 1 is 1.58 bits per heavy atom. The number of halogens is 1. The molecule has 1 N–H and O–H groups in total. The van der Waals surface area contributed by atoms with Crippen LogP contribution in [0.15, 0.2) is 0 Å². The Morgan fingerprint density at radius 3 is 3.00 bits per heavy atom. The highest BCUT2D eigenvalue weighted by Crippen LogP contribution is 1.87. The van der Waals surface area contributed by atoms with Crippen molar-refractivity contribution in [2.45, 2.75) is 13.0 Å². The second-order valence-electron chi connectivity index (χ2n) is 2.41. The van der Waals surface area contributed by atoms with E-state index in [1.807, 2.05) is 0 Å². The van der Waals surface area contributed by atoms with Gasteiger partial charge in [-0.05, 0) is 18.2 Å². The Kier molecular flexibility index (Phi) is 4.44. The van der Waals surface area contributed by atoms with E-state index < -0.39 is 0 Å². The Hall–Kier alpha value is -0.240. The van der Waals surface area contributed by atoms with Crippen LogP contribution in [0.25, 0.3) is 0 Å². The van der Waals surface area contributed by atoms with E-state index in [0.29, 0.717) is 6.54 Å². The van der Waals surface area contributed by atoms with E-state index in [4.69, 9.17) is 0 Å². The average Bonchev–Trinajstić information content (AvgIpc) is 2.45. The summed E-state index contributed by atoms with van der Waals surface area (Å²) >= 11 is 2.36. The maximum Gasteiger partial charge on any atom is 0.188 e. The number of aryl methyl sites for hydroxylation is 1. The zero-order valence-corrected chi connectivity index (χ0v) is 9.15. The van der Waals surface area contributed by atoms with Gasteiger partial charge in [-0.1, -0.05) is 22.6 Å². The molecule has 0 aromatic carbocycles. The zero-order valence-electron chi connectivity index (χ0n) is 7.00. The van der Waals surface area contributed by atoms with Gasteiger partial charge in [-0.15, -0.1) is 10.2 Å². The average molecular weight is 281 g/mol. The van der Waals surface area contributed by atoms with Crippen LogP contribution in [0.1, 0.15) is 12.2 Å². The molecule has 0 atom stereocenters. The fourth-order valence-electron chi connectivity index (χ4n) is 0.786. The summed E-state index contributed by atoms with van der Waals surface area (Å²) in [6, 6.07) is 0. The molecule has 0 aliphatic rings. The molecule has 0 fully saturated rings. The lowest BCUT2D eigenvalue weighted by Crippen LogP contribution is -2.16. The molecule has 1 heterocycles. The van der Waals surface area contributed by atoms with Gasteiger partial charge < -0.3 is 5.32 Å². The topological polar surface area (TPSA) is 55.6 Å². The zero-order chi connectivity index (χ0) is 8.81. The summed E-state index contributed by atoms with van der Waals surface area (Å²) in [6.45, 7) is 1.73. The van der Waals surface area contributed by atoms with Gasteiger partial charge in [-0.25, -0.2) is 0 Å². The van der Waals surface area contributed by atoms with E-state index in [1.54, 1.807) is 7.05 Å². The number of hydrogen-bond donors (Lipinski definition) is 1. The van der Waals surface area contributed by atoms with Crippen LogP contribution < -0.4 is 5.32 Å². The van der Waals surface area contributed by atoms with Gasteiger partial charge in [-0.2, -0.15) is 4.80 Å². The molecule has 0 spiro atoms. The Morgan fingerprint density at radius 2 is 2.42 bits per heavy atom. The number of nitrogens with zero attached hydrogens (tertiary/aromatic N) is 4. The van der Waals surface area contributed by atoms with Crippen molar-refractivity contribution in [3.8, 4) is 0 Å². The third kappa shape index (κ3) is 3.44. The minimum Gasteiger partial charge on any atom is -0.310 e. The molecule has 1 aromatic heterocycles. The molecule has 0 unspecified atom stereocenters. The van der Waals surface area contributed by atoms with Crippen LogP contribution in [0, 0.1) is 0 Å². The number of rotatable bonds is 5. The number of tetrazole rings is 1. The van der Waals surface area contributed by atoms with E-state index in [9.17, 15) is 0 Å². The van der Waals surface area contributed by atoms with E-state index in [0.717, 1.165) is 12.4 Å². The molecule has 0 aliphatic heterocycles. The summed E-state index contributed by atoms with van der Waals surface area (Å²) in [6.07, 6.45) is 1.18. The smallest absolute Gasteiger partial charge is 0.188 e. The van der Waals surface area contributed by atoms with Crippen molar-refractivity contribution in [2.24, 2.45) is 7.05 Å². The highest BCUT2D eigenvalue weighted by molar-refractivity contribution is 14.1. The molecule has 5 nitrogen and oxygen atoms in total. The summed E-state index contributed by atoms with van der Waals surface area (Å²) in [5, 5.41) is 14.9. The third-order valence-corrected chi connectivity index (χ3v) is 2.08. The predicted molar refractivity (Wildman–Crippen MR) is 54.0 cm³/mol. The molecule has 68 valence electrons. The van der Waals surface area contributed by atoms with E-state index in [1.165, 1.54) is 15.6 Å². The minimum atomic E-state index is 0.713. The quantitative estimate of drug-likeness (QED) is 0.473. The molecule has 0 radical (unpaired) electrons. The van der Waals surface area contributed by atoms with Gasteiger partial charge in [0, 0.05) is 4.43 Å². The second-order valence-corrected chi connectivity index (χ2v) is 3.49. The van der Waals surface area contributed by atoms with Crippen LogP contribution in [-0.2, 0) is 13.6 Å². The highest BCUT2D eigenvalue weighted by Gasteiger charge is 1.97. The van der Waals surface area contributed by atoms with E-state index in [2.05, 4.69) is 43.3 Å². The van der Waals surface area contributed by atoms with Crippen LogP contribution in [0.5, 0.6) is 0 Å². The van der Waals surface area contributed by atoms with Gasteiger partial charge in [-0.3, -0.25) is 0 Å². The summed E-state index contributed by atoms with van der Waals surface area (Å²) < 4.78 is 1.18. The van der Waals surface area contributed by atoms with Crippen molar-refractivity contribution in [2.75, 3.05) is 11.0 Å². The Bertz CT molecular complexity index is 223. The monoisotopic (exact) mass is 281 g/mol. The molecule has 6 heteroatoms. The fourth-order valence-corrected chi connectivity index (χ4v) is 1.17. The summed E-state index contributed by atoms with van der Waals surface area (Å²) in [7, 11) is 1.77. The standard InChI is InChI=1S/C6H12IN5/c1-12-10-6(9-11-12)5-8-4-2-3-7/h8H,2-5H2,1H3. The van der Waals surface area contributed by atoms with Crippen LogP contribution >= 0.6 is 22.6 Å². The molecule has 12 heavy (non-hydrogen) atoms. The van der Waals surface area contributed by atoms with Gasteiger partial charge in [0.1, 0.15) is 0 Å². The Balaban J connectivity index is 2.15. The number of nitrogens with one attached hydrogen (secondary N) is 1. The maximum atomic E-state index is 4.04. The maximum absolute atomic E-state index is 4.04. The molecule has 0 bridgehead atoms. The van der Waals surface area contributed by atoms with Crippen molar-refractivity contribution in [3.05, 3.63) is 5.82 Å². The molecular weight excluding hydrogens is 269 g/mol. The van der Waals surface area contributed by atoms with Gasteiger partial charge in [0.15, 0.2) is 5.82 Å². The SMILES string of the molecule is Cn1nnc(CNCCCI)n1. The van der Waals surface area contributed by atoms with Crippen molar-refractivity contribution in [1.82, 2.24) is 25.5 Å². The lowest BCUT2D eigenvalue weighted by Gasteiger charge is -1.97. The molecule has 0 saturated carbocycles. The van der Waals surface area contributed by atoms with Crippen LogP contribution in [-0.4, -0.2) is 31.2 Å². The largest absolute Gasteiger partial charge is 0.310 e. The van der Waals surface area contributed by atoms with Gasteiger partial charge in [0.05, 0.1) is 13.6 Å².